The summed E-state index contributed by atoms with van der Waals surface area (Å²) in [6.07, 6.45) is 0. The van der Waals surface area contributed by atoms with Crippen molar-refractivity contribution < 1.29 is 0 Å². The Morgan fingerprint density at radius 1 is 0.591 bits per heavy atom. The van der Waals surface area contributed by atoms with Gasteiger partial charge in [-0.1, -0.05) is 97.0 Å². The van der Waals surface area contributed by atoms with Crippen LogP contribution in [0.4, 0.5) is 0 Å². The summed E-state index contributed by atoms with van der Waals surface area (Å²) in [7, 11) is 0. The maximum absolute atomic E-state index is 2.31. The summed E-state index contributed by atoms with van der Waals surface area (Å²) in [5, 5.41) is 0. The van der Waals surface area contributed by atoms with E-state index in [1.807, 2.05) is 0 Å². The Bertz CT molecular complexity index is 605. The molecule has 0 saturated heterocycles. The highest BCUT2D eigenvalue weighted by molar-refractivity contribution is 5.41. The predicted octanol–water partition coefficient (Wildman–Crippen LogP) is 6.43. The monoisotopic (exact) mass is 294 g/mol. The van der Waals surface area contributed by atoms with Crippen LogP contribution in [-0.4, -0.2) is 0 Å². The van der Waals surface area contributed by atoms with Crippen molar-refractivity contribution in [3.8, 4) is 0 Å². The second kappa shape index (κ2) is 5.91. The van der Waals surface area contributed by atoms with E-state index < -0.39 is 0 Å². The van der Waals surface area contributed by atoms with E-state index in [0.717, 1.165) is 0 Å². The van der Waals surface area contributed by atoms with Crippen LogP contribution < -0.4 is 0 Å². The molecule has 2 aromatic carbocycles. The molecule has 0 saturated carbocycles. The molecule has 0 aliphatic heterocycles. The smallest absolute Gasteiger partial charge is 0.0146 e. The summed E-state index contributed by atoms with van der Waals surface area (Å²) >= 11 is 0. The first-order chi connectivity index (χ1) is 10.1. The zero-order valence-electron chi connectivity index (χ0n) is 15.2. The summed E-state index contributed by atoms with van der Waals surface area (Å²) < 4.78 is 0. The molecular weight excluding hydrogens is 264 g/mol. The minimum absolute atomic E-state index is 0.0337. The molecule has 0 amide bonds. The third-order valence-corrected chi connectivity index (χ3v) is 4.77. The van der Waals surface area contributed by atoms with Gasteiger partial charge in [-0.15, -0.1) is 0 Å². The van der Waals surface area contributed by atoms with E-state index in [2.05, 4.69) is 97.0 Å². The molecule has 0 N–H and O–H groups in total. The van der Waals surface area contributed by atoms with Crippen molar-refractivity contribution in [1.82, 2.24) is 0 Å². The topological polar surface area (TPSA) is 0 Å². The summed E-state index contributed by atoms with van der Waals surface area (Å²) in [5.74, 6) is 0.586. The Morgan fingerprint density at radius 3 is 1.32 bits per heavy atom. The van der Waals surface area contributed by atoms with Crippen LogP contribution in [0.5, 0.6) is 0 Å². The van der Waals surface area contributed by atoms with Crippen molar-refractivity contribution in [2.45, 2.75) is 65.2 Å². The fraction of sp³-hybridized carbons (Fsp3) is 0.455. The van der Waals surface area contributed by atoms with Gasteiger partial charge in [0.25, 0.3) is 0 Å². The lowest BCUT2D eigenvalue weighted by atomic mass is 9.76. The van der Waals surface area contributed by atoms with E-state index in [9.17, 15) is 0 Å². The first-order valence-corrected chi connectivity index (χ1v) is 8.34. The van der Waals surface area contributed by atoms with E-state index in [1.165, 1.54) is 22.3 Å². The van der Waals surface area contributed by atoms with Crippen molar-refractivity contribution in [3.63, 3.8) is 0 Å². The van der Waals surface area contributed by atoms with Gasteiger partial charge >= 0.3 is 0 Å². The van der Waals surface area contributed by atoms with Gasteiger partial charge in [0.2, 0.25) is 0 Å². The van der Waals surface area contributed by atoms with Crippen LogP contribution in [0, 0.1) is 0 Å². The number of benzene rings is 2. The second-order valence-electron chi connectivity index (χ2n) is 8.23. The van der Waals surface area contributed by atoms with Gasteiger partial charge in [-0.3, -0.25) is 0 Å². The lowest BCUT2D eigenvalue weighted by Gasteiger charge is -2.28. The maximum Gasteiger partial charge on any atom is 0.0146 e. The normalized spacial score (nSPS) is 12.7. The molecule has 0 aliphatic carbocycles. The van der Waals surface area contributed by atoms with Gasteiger partial charge in [0, 0.05) is 5.41 Å². The molecule has 0 bridgehead atoms. The Balaban J connectivity index is 2.33. The first kappa shape index (κ1) is 16.8. The van der Waals surface area contributed by atoms with Gasteiger partial charge in [0.1, 0.15) is 0 Å². The van der Waals surface area contributed by atoms with E-state index in [4.69, 9.17) is 0 Å². The van der Waals surface area contributed by atoms with Crippen molar-refractivity contribution in [2.24, 2.45) is 0 Å². The molecule has 0 heteroatoms. The molecular formula is C22H30. The van der Waals surface area contributed by atoms with Gasteiger partial charge in [0.05, 0.1) is 0 Å². The molecule has 22 heavy (non-hydrogen) atoms. The molecule has 0 fully saturated rings. The Labute approximate surface area is 136 Å². The zero-order chi connectivity index (χ0) is 16.5. The predicted molar refractivity (Wildman–Crippen MR) is 97.8 cm³/mol. The summed E-state index contributed by atoms with van der Waals surface area (Å²) in [6.45, 7) is 15.9. The highest BCUT2D eigenvalue weighted by Crippen LogP contribution is 2.33. The van der Waals surface area contributed by atoms with Crippen LogP contribution in [0.25, 0.3) is 0 Å². The van der Waals surface area contributed by atoms with Gasteiger partial charge < -0.3 is 0 Å². The average Bonchev–Trinajstić information content (AvgIpc) is 2.46. The molecule has 0 atom stereocenters. The minimum atomic E-state index is 0.0337. The van der Waals surface area contributed by atoms with Gasteiger partial charge in [-0.05, 0) is 33.6 Å². The van der Waals surface area contributed by atoms with Gasteiger partial charge in [0.15, 0.2) is 0 Å². The first-order valence-electron chi connectivity index (χ1n) is 8.34. The lowest BCUT2D eigenvalue weighted by molar-refractivity contribution is 0.587. The second-order valence-corrected chi connectivity index (χ2v) is 8.23. The molecule has 0 heterocycles. The summed E-state index contributed by atoms with van der Waals surface area (Å²) in [6, 6.07) is 18.2. The van der Waals surface area contributed by atoms with Crippen molar-refractivity contribution in [3.05, 3.63) is 70.8 Å². The van der Waals surface area contributed by atoms with Gasteiger partial charge in [-0.25, -0.2) is 0 Å². The average molecular weight is 294 g/mol. The van der Waals surface area contributed by atoms with Crippen LogP contribution in [-0.2, 0) is 10.8 Å². The molecule has 0 radical (unpaired) electrons. The molecule has 2 aromatic rings. The molecule has 0 aliphatic rings. The standard InChI is InChI=1S/C22H30/c1-16(2)17-8-10-19(11-9-17)22(6,7)20-14-12-18(13-15-20)21(3,4)5/h8-16H,1-7H3. The number of hydrogen-bond donors (Lipinski definition) is 0. The minimum Gasteiger partial charge on any atom is -0.0587 e. The fourth-order valence-electron chi connectivity index (χ4n) is 2.84. The third kappa shape index (κ3) is 3.43. The largest absolute Gasteiger partial charge is 0.0587 e. The summed E-state index contributed by atoms with van der Waals surface area (Å²) in [5.41, 5.74) is 5.79. The molecule has 118 valence electrons. The van der Waals surface area contributed by atoms with E-state index >= 15 is 0 Å². The number of hydrogen-bond acceptors (Lipinski definition) is 0. The molecule has 0 unspecified atom stereocenters. The van der Waals surface area contributed by atoms with Crippen molar-refractivity contribution >= 4 is 0 Å². The Kier molecular flexibility index (Phi) is 4.52. The Morgan fingerprint density at radius 2 is 0.955 bits per heavy atom. The van der Waals surface area contributed by atoms with E-state index in [-0.39, 0.29) is 10.8 Å². The van der Waals surface area contributed by atoms with Gasteiger partial charge in [-0.2, -0.15) is 0 Å². The number of rotatable bonds is 3. The quantitative estimate of drug-likeness (QED) is 0.611. The molecule has 0 aromatic heterocycles. The van der Waals surface area contributed by atoms with E-state index in [0.29, 0.717) is 5.92 Å². The zero-order valence-corrected chi connectivity index (χ0v) is 15.2. The van der Waals surface area contributed by atoms with Crippen LogP contribution >= 0.6 is 0 Å². The Hall–Kier alpha value is -1.56. The lowest BCUT2D eigenvalue weighted by Crippen LogP contribution is -2.19. The van der Waals surface area contributed by atoms with Crippen molar-refractivity contribution in [2.75, 3.05) is 0 Å². The molecule has 0 nitrogen and oxygen atoms in total. The highest BCUT2D eigenvalue weighted by Gasteiger charge is 2.24. The van der Waals surface area contributed by atoms with Crippen LogP contribution in [0.2, 0.25) is 0 Å². The van der Waals surface area contributed by atoms with Crippen LogP contribution in [0.15, 0.2) is 48.5 Å². The van der Waals surface area contributed by atoms with Crippen molar-refractivity contribution in [1.29, 1.82) is 0 Å². The fourth-order valence-corrected chi connectivity index (χ4v) is 2.84. The van der Waals surface area contributed by atoms with Crippen LogP contribution in [0.3, 0.4) is 0 Å². The van der Waals surface area contributed by atoms with E-state index in [1.54, 1.807) is 0 Å². The third-order valence-electron chi connectivity index (χ3n) is 4.77. The molecule has 2 rings (SSSR count). The molecule has 0 spiro atoms. The summed E-state index contributed by atoms with van der Waals surface area (Å²) in [4.78, 5) is 0. The SMILES string of the molecule is CC(C)c1ccc(C(C)(C)c2ccc(C(C)(C)C)cc2)cc1. The maximum atomic E-state index is 2.31. The highest BCUT2D eigenvalue weighted by atomic mass is 14.3. The van der Waals surface area contributed by atoms with Crippen LogP contribution in [0.1, 0.15) is 76.6 Å².